The van der Waals surface area contributed by atoms with Gasteiger partial charge in [-0.15, -0.1) is 0 Å². The number of likely N-dealkylation sites (tertiary alicyclic amines) is 1. The number of hydrogen-bond acceptors (Lipinski definition) is 5. The predicted molar refractivity (Wildman–Crippen MR) is 99.6 cm³/mol. The summed E-state index contributed by atoms with van der Waals surface area (Å²) >= 11 is 0.875. The van der Waals surface area contributed by atoms with Gasteiger partial charge in [0.15, 0.2) is 0 Å². The van der Waals surface area contributed by atoms with Gasteiger partial charge < -0.3 is 14.6 Å². The third-order valence-electron chi connectivity index (χ3n) is 4.88. The van der Waals surface area contributed by atoms with Crippen molar-refractivity contribution >= 4 is 40.9 Å². The van der Waals surface area contributed by atoms with Gasteiger partial charge in [0.25, 0.3) is 11.1 Å². The molecule has 0 aliphatic carbocycles. The number of hydrogen-bond donors (Lipinski definition) is 1. The summed E-state index contributed by atoms with van der Waals surface area (Å²) < 4.78 is 1.85. The predicted octanol–water partition coefficient (Wildman–Crippen LogP) is 1.77. The van der Waals surface area contributed by atoms with E-state index in [1.807, 2.05) is 29.9 Å². The Bertz CT molecular complexity index is 808. The SMILES string of the molecule is Cn1cccc1C=C1SC(=O)N(CCC(=O)N2CCC(C(=O)O)CC2)C1=O. The zero-order valence-electron chi connectivity index (χ0n) is 15.0. The second-order valence-corrected chi connectivity index (χ2v) is 7.61. The van der Waals surface area contributed by atoms with Crippen molar-refractivity contribution in [2.45, 2.75) is 19.3 Å². The number of piperidine rings is 1. The lowest BCUT2D eigenvalue weighted by Crippen LogP contribution is -2.42. The molecule has 2 fully saturated rings. The van der Waals surface area contributed by atoms with Crippen LogP contribution in [-0.4, -0.2) is 62.1 Å². The maximum Gasteiger partial charge on any atom is 0.306 e. The van der Waals surface area contributed by atoms with Gasteiger partial charge in [0, 0.05) is 45.0 Å². The van der Waals surface area contributed by atoms with Crippen LogP contribution in [0.4, 0.5) is 4.79 Å². The number of imide groups is 1. The van der Waals surface area contributed by atoms with Crippen molar-refractivity contribution in [3.63, 3.8) is 0 Å². The molecule has 1 N–H and O–H groups in total. The fourth-order valence-corrected chi connectivity index (χ4v) is 4.04. The van der Waals surface area contributed by atoms with Crippen LogP contribution < -0.4 is 0 Å². The van der Waals surface area contributed by atoms with E-state index in [1.165, 1.54) is 0 Å². The Morgan fingerprint density at radius 1 is 1.30 bits per heavy atom. The van der Waals surface area contributed by atoms with Crippen molar-refractivity contribution in [1.82, 2.24) is 14.4 Å². The van der Waals surface area contributed by atoms with E-state index in [0.29, 0.717) is 30.8 Å². The van der Waals surface area contributed by atoms with Gasteiger partial charge in [0.1, 0.15) is 0 Å². The number of aliphatic carboxylic acids is 1. The van der Waals surface area contributed by atoms with Gasteiger partial charge in [0.05, 0.1) is 10.8 Å². The minimum absolute atomic E-state index is 0.0346. The van der Waals surface area contributed by atoms with Gasteiger partial charge in [0.2, 0.25) is 5.91 Å². The van der Waals surface area contributed by atoms with Gasteiger partial charge >= 0.3 is 5.97 Å². The van der Waals surface area contributed by atoms with Crippen LogP contribution in [-0.2, 0) is 21.4 Å². The number of amides is 3. The number of carbonyl (C=O) groups is 4. The number of carbonyl (C=O) groups excluding carboxylic acids is 3. The summed E-state index contributed by atoms with van der Waals surface area (Å²) in [7, 11) is 1.85. The summed E-state index contributed by atoms with van der Waals surface area (Å²) in [5.41, 5.74) is 0.817. The monoisotopic (exact) mass is 391 g/mol. The number of aryl methyl sites for hydroxylation is 1. The largest absolute Gasteiger partial charge is 0.481 e. The first-order valence-corrected chi connectivity index (χ1v) is 9.55. The lowest BCUT2D eigenvalue weighted by Gasteiger charge is -2.30. The highest BCUT2D eigenvalue weighted by atomic mass is 32.2. The van der Waals surface area contributed by atoms with E-state index in [9.17, 15) is 19.2 Å². The first-order chi connectivity index (χ1) is 12.9. The quantitative estimate of drug-likeness (QED) is 0.768. The maximum absolute atomic E-state index is 12.5. The number of carboxylic acids is 1. The van der Waals surface area contributed by atoms with Crippen LogP contribution in [0.5, 0.6) is 0 Å². The molecule has 0 unspecified atom stereocenters. The van der Waals surface area contributed by atoms with Crippen molar-refractivity contribution in [2.24, 2.45) is 13.0 Å². The van der Waals surface area contributed by atoms with Crippen molar-refractivity contribution in [3.05, 3.63) is 28.9 Å². The molecule has 144 valence electrons. The Labute approximate surface area is 160 Å². The number of aromatic nitrogens is 1. The zero-order chi connectivity index (χ0) is 19.6. The Morgan fingerprint density at radius 2 is 2.00 bits per heavy atom. The topological polar surface area (TPSA) is 99.9 Å². The molecule has 1 aromatic rings. The molecule has 27 heavy (non-hydrogen) atoms. The average molecular weight is 391 g/mol. The molecule has 9 heteroatoms. The van der Waals surface area contributed by atoms with E-state index in [0.717, 1.165) is 22.4 Å². The maximum atomic E-state index is 12.5. The van der Waals surface area contributed by atoms with E-state index in [2.05, 4.69) is 0 Å². The molecule has 0 spiro atoms. The van der Waals surface area contributed by atoms with Crippen molar-refractivity contribution in [2.75, 3.05) is 19.6 Å². The highest BCUT2D eigenvalue weighted by molar-refractivity contribution is 8.18. The van der Waals surface area contributed by atoms with Gasteiger partial charge in [-0.3, -0.25) is 24.1 Å². The van der Waals surface area contributed by atoms with E-state index in [4.69, 9.17) is 5.11 Å². The van der Waals surface area contributed by atoms with E-state index in [1.54, 1.807) is 11.0 Å². The standard InChI is InChI=1S/C18H21N3O5S/c1-19-7-2-3-13(19)11-14-16(23)21(18(26)27-14)10-6-15(22)20-8-4-12(5-9-20)17(24)25/h2-3,7,11-12H,4-6,8-10H2,1H3,(H,24,25). The lowest BCUT2D eigenvalue weighted by atomic mass is 9.97. The zero-order valence-corrected chi connectivity index (χ0v) is 15.8. The van der Waals surface area contributed by atoms with Gasteiger partial charge in [-0.1, -0.05) is 0 Å². The fraction of sp³-hybridized carbons (Fsp3) is 0.444. The Hall–Kier alpha value is -2.55. The average Bonchev–Trinajstić information content (AvgIpc) is 3.16. The molecule has 3 amide bonds. The molecular weight excluding hydrogens is 370 g/mol. The van der Waals surface area contributed by atoms with Crippen LogP contribution >= 0.6 is 11.8 Å². The fourth-order valence-electron chi connectivity index (χ4n) is 3.19. The molecule has 2 aliphatic heterocycles. The van der Waals surface area contributed by atoms with Gasteiger partial charge in [-0.05, 0) is 42.8 Å². The highest BCUT2D eigenvalue weighted by Gasteiger charge is 2.36. The van der Waals surface area contributed by atoms with Crippen LogP contribution in [0.15, 0.2) is 23.2 Å². The minimum atomic E-state index is -0.829. The van der Waals surface area contributed by atoms with Crippen molar-refractivity contribution < 1.29 is 24.3 Å². The number of carboxylic acid groups (broad SMARTS) is 1. The summed E-state index contributed by atoms with van der Waals surface area (Å²) in [6.45, 7) is 0.822. The molecule has 2 saturated heterocycles. The third kappa shape index (κ3) is 4.24. The molecule has 3 rings (SSSR count). The van der Waals surface area contributed by atoms with Crippen LogP contribution in [0.1, 0.15) is 25.0 Å². The highest BCUT2D eigenvalue weighted by Crippen LogP contribution is 2.32. The van der Waals surface area contributed by atoms with Crippen LogP contribution in [0.25, 0.3) is 6.08 Å². The van der Waals surface area contributed by atoms with Crippen LogP contribution in [0, 0.1) is 5.92 Å². The summed E-state index contributed by atoms with van der Waals surface area (Å²) in [6, 6.07) is 3.69. The second kappa shape index (κ2) is 7.99. The Kier molecular flexibility index (Phi) is 5.69. The first-order valence-electron chi connectivity index (χ1n) is 8.74. The van der Waals surface area contributed by atoms with Crippen LogP contribution in [0.2, 0.25) is 0 Å². The molecule has 0 atom stereocenters. The smallest absolute Gasteiger partial charge is 0.306 e. The Balaban J connectivity index is 1.55. The normalized spacial score (nSPS) is 20.0. The van der Waals surface area contributed by atoms with Gasteiger partial charge in [-0.25, -0.2) is 0 Å². The molecule has 8 nitrogen and oxygen atoms in total. The van der Waals surface area contributed by atoms with E-state index < -0.39 is 11.9 Å². The molecular formula is C18H21N3O5S. The number of rotatable bonds is 5. The van der Waals surface area contributed by atoms with E-state index in [-0.39, 0.29) is 30.0 Å². The molecule has 3 heterocycles. The molecule has 0 bridgehead atoms. The molecule has 0 radical (unpaired) electrons. The molecule has 0 aromatic carbocycles. The summed E-state index contributed by atoms with van der Waals surface area (Å²) in [5, 5.41) is 8.63. The summed E-state index contributed by atoms with van der Waals surface area (Å²) in [5.74, 6) is -1.78. The number of thioether (sulfide) groups is 1. The van der Waals surface area contributed by atoms with E-state index >= 15 is 0 Å². The minimum Gasteiger partial charge on any atom is -0.481 e. The molecule has 1 aromatic heterocycles. The van der Waals surface area contributed by atoms with Crippen molar-refractivity contribution in [3.8, 4) is 0 Å². The third-order valence-corrected chi connectivity index (χ3v) is 5.79. The second-order valence-electron chi connectivity index (χ2n) is 6.62. The lowest BCUT2D eigenvalue weighted by molar-refractivity contribution is -0.145. The molecule has 2 aliphatic rings. The van der Waals surface area contributed by atoms with Gasteiger partial charge in [-0.2, -0.15) is 0 Å². The Morgan fingerprint density at radius 3 is 2.59 bits per heavy atom. The van der Waals surface area contributed by atoms with Crippen LogP contribution in [0.3, 0.4) is 0 Å². The molecule has 0 saturated carbocycles. The van der Waals surface area contributed by atoms with Crippen molar-refractivity contribution in [1.29, 1.82) is 0 Å². The first kappa shape index (κ1) is 19.2. The summed E-state index contributed by atoms with van der Waals surface area (Å²) in [4.78, 5) is 51.0. The number of nitrogens with zero attached hydrogens (tertiary/aromatic N) is 3. The summed E-state index contributed by atoms with van der Waals surface area (Å²) in [6.07, 6.45) is 4.43.